The number of aromatic amines is 1. The van der Waals surface area contributed by atoms with E-state index in [9.17, 15) is 8.42 Å². The van der Waals surface area contributed by atoms with Gasteiger partial charge in [0.05, 0.1) is 0 Å². The third-order valence-corrected chi connectivity index (χ3v) is 4.71. The quantitative estimate of drug-likeness (QED) is 0.882. The highest BCUT2D eigenvalue weighted by atomic mass is 32.2. The van der Waals surface area contributed by atoms with Gasteiger partial charge in [-0.3, -0.25) is 0 Å². The molecule has 0 saturated carbocycles. The molecule has 0 amide bonds. The van der Waals surface area contributed by atoms with Gasteiger partial charge in [-0.2, -0.15) is 19.7 Å². The van der Waals surface area contributed by atoms with Gasteiger partial charge in [0.15, 0.2) is 0 Å². The molecule has 6 nitrogen and oxygen atoms in total. The van der Waals surface area contributed by atoms with E-state index in [1.165, 1.54) is 4.31 Å². The van der Waals surface area contributed by atoms with Crippen molar-refractivity contribution in [3.63, 3.8) is 0 Å². The van der Waals surface area contributed by atoms with E-state index in [2.05, 4.69) is 15.4 Å². The molecule has 7 heteroatoms. The summed E-state index contributed by atoms with van der Waals surface area (Å²) in [6.07, 6.45) is 0. The minimum atomic E-state index is -3.49. The Morgan fingerprint density at radius 1 is 1.24 bits per heavy atom. The average Bonchev–Trinajstić information content (AvgIpc) is 2.77. The van der Waals surface area contributed by atoms with Crippen LogP contribution in [0.2, 0.25) is 0 Å². The molecule has 1 aromatic heterocycles. The van der Waals surface area contributed by atoms with Gasteiger partial charge in [-0.15, -0.1) is 0 Å². The summed E-state index contributed by atoms with van der Waals surface area (Å²) in [6, 6.07) is 4.94. The van der Waals surface area contributed by atoms with Crippen LogP contribution in [0.25, 0.3) is 11.0 Å². The zero-order valence-electron chi connectivity index (χ0n) is 9.71. The third kappa shape index (κ3) is 1.91. The number of sulfonamides is 1. The van der Waals surface area contributed by atoms with Crippen LogP contribution < -0.4 is 0 Å². The van der Waals surface area contributed by atoms with Gasteiger partial charge < -0.3 is 0 Å². The molecular formula is C10H14N4O2S. The van der Waals surface area contributed by atoms with Crippen molar-refractivity contribution in [3.8, 4) is 0 Å². The van der Waals surface area contributed by atoms with Gasteiger partial charge in [0.25, 0.3) is 0 Å². The Morgan fingerprint density at radius 2 is 1.94 bits per heavy atom. The third-order valence-electron chi connectivity index (χ3n) is 2.63. The van der Waals surface area contributed by atoms with E-state index >= 15 is 0 Å². The van der Waals surface area contributed by atoms with Crippen molar-refractivity contribution in [1.82, 2.24) is 19.7 Å². The van der Waals surface area contributed by atoms with E-state index in [-0.39, 0.29) is 4.90 Å². The first-order valence-electron chi connectivity index (χ1n) is 5.41. The number of rotatable bonds is 4. The van der Waals surface area contributed by atoms with Crippen LogP contribution in [0.15, 0.2) is 23.1 Å². The van der Waals surface area contributed by atoms with Crippen LogP contribution in [0.1, 0.15) is 13.8 Å². The normalized spacial score (nSPS) is 12.4. The Morgan fingerprint density at radius 3 is 2.59 bits per heavy atom. The van der Waals surface area contributed by atoms with Crippen LogP contribution in [0.3, 0.4) is 0 Å². The van der Waals surface area contributed by atoms with Crippen molar-refractivity contribution < 1.29 is 8.42 Å². The number of aromatic nitrogens is 3. The van der Waals surface area contributed by atoms with Gasteiger partial charge in [0, 0.05) is 13.1 Å². The minimum Gasteiger partial charge on any atom is -0.207 e. The predicted molar refractivity (Wildman–Crippen MR) is 64.0 cm³/mol. The second-order valence-corrected chi connectivity index (χ2v) is 5.44. The van der Waals surface area contributed by atoms with Gasteiger partial charge >= 0.3 is 0 Å². The molecule has 0 unspecified atom stereocenters. The number of nitrogens with one attached hydrogen (secondary N) is 1. The molecule has 0 radical (unpaired) electrons. The summed E-state index contributed by atoms with van der Waals surface area (Å²) in [6.45, 7) is 4.49. The molecule has 17 heavy (non-hydrogen) atoms. The molecule has 0 saturated heterocycles. The maximum Gasteiger partial charge on any atom is 0.245 e. The smallest absolute Gasteiger partial charge is 0.207 e. The van der Waals surface area contributed by atoms with Crippen molar-refractivity contribution in [2.24, 2.45) is 0 Å². The maximum atomic E-state index is 12.4. The molecule has 1 aromatic carbocycles. The largest absolute Gasteiger partial charge is 0.245 e. The lowest BCUT2D eigenvalue weighted by atomic mass is 10.3. The molecule has 0 bridgehead atoms. The molecule has 92 valence electrons. The first-order chi connectivity index (χ1) is 8.11. The predicted octanol–water partition coefficient (Wildman–Crippen LogP) is 0.988. The number of nitrogens with zero attached hydrogens (tertiary/aromatic N) is 3. The number of H-pyrrole nitrogens is 1. The van der Waals surface area contributed by atoms with Crippen LogP contribution >= 0.6 is 0 Å². The summed E-state index contributed by atoms with van der Waals surface area (Å²) in [7, 11) is -3.49. The molecule has 0 atom stereocenters. The van der Waals surface area contributed by atoms with Crippen molar-refractivity contribution in [2.75, 3.05) is 13.1 Å². The van der Waals surface area contributed by atoms with Gasteiger partial charge in [-0.1, -0.05) is 19.9 Å². The maximum absolute atomic E-state index is 12.4. The van der Waals surface area contributed by atoms with Crippen molar-refractivity contribution in [1.29, 1.82) is 0 Å². The summed E-state index contributed by atoms with van der Waals surface area (Å²) in [5.74, 6) is 0. The first-order valence-corrected chi connectivity index (χ1v) is 6.85. The molecule has 1 N–H and O–H groups in total. The fourth-order valence-corrected chi connectivity index (χ4v) is 3.36. The highest BCUT2D eigenvalue weighted by molar-refractivity contribution is 7.89. The molecule has 0 aliphatic heterocycles. The van der Waals surface area contributed by atoms with E-state index in [0.29, 0.717) is 24.1 Å². The summed E-state index contributed by atoms with van der Waals surface area (Å²) in [5.41, 5.74) is 0.942. The van der Waals surface area contributed by atoms with Crippen LogP contribution in [0.5, 0.6) is 0 Å². The zero-order valence-corrected chi connectivity index (χ0v) is 10.5. The van der Waals surface area contributed by atoms with Crippen LogP contribution in [0.4, 0.5) is 0 Å². The summed E-state index contributed by atoms with van der Waals surface area (Å²) in [4.78, 5) is 0.201. The number of para-hydroxylation sites is 1. The Labute approximate surface area is 99.7 Å². The molecule has 1 heterocycles. The number of fused-ring (bicyclic) bond motifs is 1. The van der Waals surface area contributed by atoms with Crippen molar-refractivity contribution in [2.45, 2.75) is 18.7 Å². The topological polar surface area (TPSA) is 79.0 Å². The van der Waals surface area contributed by atoms with Crippen LogP contribution in [-0.4, -0.2) is 41.2 Å². The molecule has 0 spiro atoms. The van der Waals surface area contributed by atoms with Gasteiger partial charge in [-0.25, -0.2) is 8.42 Å². The van der Waals surface area contributed by atoms with Crippen molar-refractivity contribution in [3.05, 3.63) is 18.2 Å². The molecule has 0 aliphatic rings. The Bertz CT molecular complexity index is 616. The lowest BCUT2D eigenvalue weighted by Crippen LogP contribution is -2.30. The van der Waals surface area contributed by atoms with Gasteiger partial charge in [0.2, 0.25) is 10.0 Å². The van der Waals surface area contributed by atoms with E-state index in [1.54, 1.807) is 18.2 Å². The highest BCUT2D eigenvalue weighted by Crippen LogP contribution is 2.22. The number of benzene rings is 1. The Hall–Kier alpha value is -1.47. The molecule has 2 aromatic rings. The van der Waals surface area contributed by atoms with E-state index in [1.807, 2.05) is 13.8 Å². The van der Waals surface area contributed by atoms with Crippen molar-refractivity contribution >= 4 is 21.1 Å². The SMILES string of the molecule is CCN(CC)S(=O)(=O)c1cccc2n[nH]nc12. The fraction of sp³-hybridized carbons (Fsp3) is 0.400. The number of hydrogen-bond donors (Lipinski definition) is 1. The lowest BCUT2D eigenvalue weighted by Gasteiger charge is -2.18. The lowest BCUT2D eigenvalue weighted by molar-refractivity contribution is 0.446. The van der Waals surface area contributed by atoms with Gasteiger partial charge in [0.1, 0.15) is 15.9 Å². The van der Waals surface area contributed by atoms with Gasteiger partial charge in [-0.05, 0) is 12.1 Å². The summed E-state index contributed by atoms with van der Waals surface area (Å²) in [5, 5.41) is 10.2. The Kier molecular flexibility index (Phi) is 3.12. The Balaban J connectivity index is 2.64. The second-order valence-electron chi connectivity index (χ2n) is 3.54. The first kappa shape index (κ1) is 12.0. The van der Waals surface area contributed by atoms with Crippen LogP contribution in [-0.2, 0) is 10.0 Å². The highest BCUT2D eigenvalue weighted by Gasteiger charge is 2.24. The van der Waals surface area contributed by atoms with E-state index in [0.717, 1.165) is 0 Å². The molecule has 0 aliphatic carbocycles. The number of hydrogen-bond acceptors (Lipinski definition) is 4. The fourth-order valence-electron chi connectivity index (χ4n) is 1.75. The minimum absolute atomic E-state index is 0.201. The average molecular weight is 254 g/mol. The standard InChI is InChI=1S/C10H14N4O2S/c1-3-14(4-2)17(15,16)9-7-5-6-8-10(9)12-13-11-8/h5-7H,3-4H2,1-2H3,(H,11,12,13). The summed E-state index contributed by atoms with van der Waals surface area (Å²) >= 11 is 0. The zero-order chi connectivity index (χ0) is 12.5. The van der Waals surface area contributed by atoms with E-state index in [4.69, 9.17) is 0 Å². The summed E-state index contributed by atoms with van der Waals surface area (Å²) < 4.78 is 26.1. The van der Waals surface area contributed by atoms with E-state index < -0.39 is 10.0 Å². The monoisotopic (exact) mass is 254 g/mol. The molecular weight excluding hydrogens is 240 g/mol. The second kappa shape index (κ2) is 4.42. The van der Waals surface area contributed by atoms with Crippen LogP contribution in [0, 0.1) is 0 Å². The molecule has 2 rings (SSSR count). The molecule has 0 fully saturated rings.